The van der Waals surface area contributed by atoms with Crippen molar-refractivity contribution in [3.63, 3.8) is 0 Å². The highest BCUT2D eigenvalue weighted by Crippen LogP contribution is 2.34. The van der Waals surface area contributed by atoms with Gasteiger partial charge in [0.1, 0.15) is 22.8 Å². The predicted octanol–water partition coefficient (Wildman–Crippen LogP) is 3.32. The molecular weight excluding hydrogens is 441 g/mol. The van der Waals surface area contributed by atoms with E-state index in [1.54, 1.807) is 11.8 Å². The van der Waals surface area contributed by atoms with E-state index in [-0.39, 0.29) is 51.9 Å². The lowest BCUT2D eigenvalue weighted by Crippen LogP contribution is -2.45. The standard InChI is InChI=1S/C22H25ClFN3O5/c1-4-31-22(30)14-8-10-27(11-9-14)17(28)12-26(3)21(29)18-13(2)32-25-20(18)19-15(23)6-5-7-16(19)24/h5-7,14H,4,8-12H2,1-3H3. The fourth-order valence-corrected chi connectivity index (χ4v) is 3.96. The third-order valence-electron chi connectivity index (χ3n) is 5.46. The second-order valence-electron chi connectivity index (χ2n) is 7.63. The topological polar surface area (TPSA) is 93.0 Å². The smallest absolute Gasteiger partial charge is 0.309 e. The van der Waals surface area contributed by atoms with Gasteiger partial charge in [-0.15, -0.1) is 0 Å². The molecular formula is C22H25ClFN3O5. The monoisotopic (exact) mass is 465 g/mol. The van der Waals surface area contributed by atoms with Crippen LogP contribution in [-0.4, -0.2) is 66.0 Å². The average molecular weight is 466 g/mol. The largest absolute Gasteiger partial charge is 0.466 e. The summed E-state index contributed by atoms with van der Waals surface area (Å²) in [7, 11) is 1.48. The molecule has 0 bridgehead atoms. The number of likely N-dealkylation sites (tertiary alicyclic amines) is 1. The Kier molecular flexibility index (Phi) is 7.50. The van der Waals surface area contributed by atoms with Gasteiger partial charge in [0.2, 0.25) is 5.91 Å². The number of carbonyl (C=O) groups excluding carboxylic acids is 3. The van der Waals surface area contributed by atoms with Gasteiger partial charge in [0.15, 0.2) is 0 Å². The molecule has 3 rings (SSSR count). The first-order chi connectivity index (χ1) is 15.2. The van der Waals surface area contributed by atoms with Crippen LogP contribution in [0.25, 0.3) is 11.3 Å². The zero-order valence-corrected chi connectivity index (χ0v) is 18.9. The third kappa shape index (κ3) is 4.93. The summed E-state index contributed by atoms with van der Waals surface area (Å²) in [5.74, 6) is -1.68. The average Bonchev–Trinajstić information content (AvgIpc) is 3.14. The molecule has 8 nitrogen and oxygen atoms in total. The number of hydrogen-bond donors (Lipinski definition) is 0. The van der Waals surface area contributed by atoms with Gasteiger partial charge in [0.25, 0.3) is 5.91 Å². The lowest BCUT2D eigenvalue weighted by atomic mass is 9.97. The zero-order chi connectivity index (χ0) is 23.4. The van der Waals surface area contributed by atoms with Gasteiger partial charge in [-0.1, -0.05) is 22.8 Å². The highest BCUT2D eigenvalue weighted by Gasteiger charge is 2.31. The number of rotatable bonds is 6. The first kappa shape index (κ1) is 23.7. The van der Waals surface area contributed by atoms with Crippen molar-refractivity contribution in [1.82, 2.24) is 15.0 Å². The quantitative estimate of drug-likeness (QED) is 0.607. The van der Waals surface area contributed by atoms with Crippen molar-refractivity contribution < 1.29 is 28.0 Å². The van der Waals surface area contributed by atoms with E-state index in [0.717, 1.165) is 0 Å². The van der Waals surface area contributed by atoms with Crippen molar-refractivity contribution in [3.05, 3.63) is 40.4 Å². The second kappa shape index (κ2) is 10.1. The molecule has 1 aromatic carbocycles. The molecule has 10 heteroatoms. The number of halogens is 2. The molecule has 2 heterocycles. The van der Waals surface area contributed by atoms with Gasteiger partial charge in [-0.25, -0.2) is 4.39 Å². The summed E-state index contributed by atoms with van der Waals surface area (Å²) in [4.78, 5) is 40.6. The minimum absolute atomic E-state index is 0.00912. The molecule has 0 N–H and O–H groups in total. The van der Waals surface area contributed by atoms with E-state index in [1.807, 2.05) is 0 Å². The maximum Gasteiger partial charge on any atom is 0.309 e. The molecule has 32 heavy (non-hydrogen) atoms. The van der Waals surface area contributed by atoms with E-state index in [2.05, 4.69) is 5.16 Å². The molecule has 1 saturated heterocycles. The Morgan fingerprint density at radius 3 is 2.62 bits per heavy atom. The molecule has 0 saturated carbocycles. The van der Waals surface area contributed by atoms with Gasteiger partial charge in [-0.05, 0) is 38.8 Å². The predicted molar refractivity (Wildman–Crippen MR) is 115 cm³/mol. The number of amides is 2. The molecule has 0 radical (unpaired) electrons. The molecule has 2 amide bonds. The summed E-state index contributed by atoms with van der Waals surface area (Å²) in [5, 5.41) is 3.93. The Bertz CT molecular complexity index is 997. The molecule has 0 unspecified atom stereocenters. The van der Waals surface area contributed by atoms with E-state index >= 15 is 0 Å². The summed E-state index contributed by atoms with van der Waals surface area (Å²) in [5.41, 5.74) is 0.00796. The highest BCUT2D eigenvalue weighted by atomic mass is 35.5. The minimum Gasteiger partial charge on any atom is -0.466 e. The molecule has 1 fully saturated rings. The number of benzene rings is 1. The van der Waals surface area contributed by atoms with Crippen LogP contribution in [0.2, 0.25) is 5.02 Å². The zero-order valence-electron chi connectivity index (χ0n) is 18.2. The first-order valence-corrected chi connectivity index (χ1v) is 10.7. The molecule has 1 aromatic heterocycles. The van der Waals surface area contributed by atoms with Crippen LogP contribution in [0.15, 0.2) is 22.7 Å². The van der Waals surface area contributed by atoms with E-state index in [4.69, 9.17) is 20.9 Å². The van der Waals surface area contributed by atoms with Crippen LogP contribution in [0, 0.1) is 18.7 Å². The SMILES string of the molecule is CCOC(=O)C1CCN(C(=O)CN(C)C(=O)c2c(-c3c(F)cccc3Cl)noc2C)CC1. The van der Waals surface area contributed by atoms with Gasteiger partial charge in [-0.2, -0.15) is 0 Å². The lowest BCUT2D eigenvalue weighted by Gasteiger charge is -2.32. The molecule has 1 aliphatic heterocycles. The number of carbonyl (C=O) groups is 3. The van der Waals surface area contributed by atoms with Crippen LogP contribution in [0.4, 0.5) is 4.39 Å². The third-order valence-corrected chi connectivity index (χ3v) is 5.78. The summed E-state index contributed by atoms with van der Waals surface area (Å²) in [6, 6.07) is 4.16. The number of ether oxygens (including phenoxy) is 1. The fraction of sp³-hybridized carbons (Fsp3) is 0.455. The van der Waals surface area contributed by atoms with Crippen LogP contribution in [-0.2, 0) is 14.3 Å². The highest BCUT2D eigenvalue weighted by molar-refractivity contribution is 6.33. The van der Waals surface area contributed by atoms with Crippen molar-refractivity contribution >= 4 is 29.4 Å². The number of esters is 1. The lowest BCUT2D eigenvalue weighted by molar-refractivity contribution is -0.151. The first-order valence-electron chi connectivity index (χ1n) is 10.3. The van der Waals surface area contributed by atoms with Crippen molar-refractivity contribution in [2.24, 2.45) is 5.92 Å². The van der Waals surface area contributed by atoms with Crippen LogP contribution in [0.3, 0.4) is 0 Å². The van der Waals surface area contributed by atoms with Gasteiger partial charge in [0.05, 0.1) is 29.7 Å². The Hall–Kier alpha value is -2.94. The number of likely N-dealkylation sites (N-methyl/N-ethyl adjacent to an activating group) is 1. The Morgan fingerprint density at radius 2 is 2.00 bits per heavy atom. The molecule has 0 aliphatic carbocycles. The maximum absolute atomic E-state index is 14.4. The molecule has 0 atom stereocenters. The van der Waals surface area contributed by atoms with Gasteiger partial charge in [0, 0.05) is 20.1 Å². The Labute approximate surface area is 190 Å². The van der Waals surface area contributed by atoms with E-state index in [9.17, 15) is 18.8 Å². The van der Waals surface area contributed by atoms with Crippen LogP contribution < -0.4 is 0 Å². The van der Waals surface area contributed by atoms with Crippen LogP contribution in [0.1, 0.15) is 35.9 Å². The number of hydrogen-bond acceptors (Lipinski definition) is 6. The van der Waals surface area contributed by atoms with Crippen molar-refractivity contribution in [3.8, 4) is 11.3 Å². The van der Waals surface area contributed by atoms with Gasteiger partial charge < -0.3 is 19.1 Å². The Morgan fingerprint density at radius 1 is 1.31 bits per heavy atom. The number of nitrogens with zero attached hydrogens (tertiary/aromatic N) is 3. The normalized spacial score (nSPS) is 14.3. The van der Waals surface area contributed by atoms with Crippen molar-refractivity contribution in [2.45, 2.75) is 26.7 Å². The molecule has 172 valence electrons. The molecule has 1 aliphatic rings. The summed E-state index contributed by atoms with van der Waals surface area (Å²) >= 11 is 6.13. The van der Waals surface area contributed by atoms with Crippen LogP contribution in [0.5, 0.6) is 0 Å². The summed E-state index contributed by atoms with van der Waals surface area (Å²) < 4.78 is 24.6. The molecule has 0 spiro atoms. The van der Waals surface area contributed by atoms with Crippen LogP contribution >= 0.6 is 11.6 Å². The maximum atomic E-state index is 14.4. The molecule has 2 aromatic rings. The second-order valence-corrected chi connectivity index (χ2v) is 8.03. The number of aryl methyl sites for hydroxylation is 1. The van der Waals surface area contributed by atoms with Gasteiger partial charge in [-0.3, -0.25) is 14.4 Å². The van der Waals surface area contributed by atoms with Crippen molar-refractivity contribution in [1.29, 1.82) is 0 Å². The van der Waals surface area contributed by atoms with E-state index in [1.165, 1.54) is 37.1 Å². The fourth-order valence-electron chi connectivity index (χ4n) is 3.71. The summed E-state index contributed by atoms with van der Waals surface area (Å²) in [6.45, 7) is 4.26. The minimum atomic E-state index is -0.636. The van der Waals surface area contributed by atoms with Gasteiger partial charge >= 0.3 is 5.97 Å². The van der Waals surface area contributed by atoms with E-state index < -0.39 is 11.7 Å². The Balaban J connectivity index is 1.69. The van der Waals surface area contributed by atoms with Crippen molar-refractivity contribution in [2.75, 3.05) is 33.3 Å². The van der Waals surface area contributed by atoms with E-state index in [0.29, 0.717) is 32.5 Å². The number of aromatic nitrogens is 1. The summed E-state index contributed by atoms with van der Waals surface area (Å²) in [6.07, 6.45) is 1.03. The number of piperidine rings is 1.